The van der Waals surface area contributed by atoms with Gasteiger partial charge in [-0.1, -0.05) is 54.6 Å². The maximum atomic E-state index is 12.2. The van der Waals surface area contributed by atoms with Crippen LogP contribution in [0, 0.1) is 0 Å². The zero-order chi connectivity index (χ0) is 16.1. The first-order chi connectivity index (χ1) is 11.2. The van der Waals surface area contributed by atoms with Gasteiger partial charge in [0.2, 0.25) is 5.91 Å². The van der Waals surface area contributed by atoms with Gasteiger partial charge in [0.25, 0.3) is 0 Å². The predicted octanol–water partition coefficient (Wildman–Crippen LogP) is 3.57. The molecule has 3 rings (SSSR count). The largest absolute Gasteiger partial charge is 0.352 e. The molecule has 2 unspecified atom stereocenters. The van der Waals surface area contributed by atoms with Gasteiger partial charge in [0.05, 0.1) is 6.42 Å². The van der Waals surface area contributed by atoms with Gasteiger partial charge in [0.1, 0.15) is 0 Å². The van der Waals surface area contributed by atoms with Crippen molar-refractivity contribution in [1.29, 1.82) is 0 Å². The van der Waals surface area contributed by atoms with E-state index in [4.69, 9.17) is 0 Å². The molecule has 2 atom stereocenters. The summed E-state index contributed by atoms with van der Waals surface area (Å²) in [7, 11) is 0. The molecule has 4 heteroatoms. The van der Waals surface area contributed by atoms with Crippen LogP contribution in [0.3, 0.4) is 0 Å². The van der Waals surface area contributed by atoms with E-state index in [1.54, 1.807) is 0 Å². The molecule has 0 spiro atoms. The lowest BCUT2D eigenvalue weighted by atomic mass is 9.99. The molecule has 1 fully saturated rings. The normalized spacial score (nSPS) is 20.0. The Bertz CT molecular complexity index is 642. The van der Waals surface area contributed by atoms with E-state index >= 15 is 0 Å². The first-order valence-corrected chi connectivity index (χ1v) is 8.39. The first kappa shape index (κ1) is 18.5. The van der Waals surface area contributed by atoms with Crippen molar-refractivity contribution in [2.24, 2.45) is 0 Å². The standard InChI is InChI=1S/C20H24N2O.ClH/c1-15-19(8-5-13-21-15)22-20(23)14-16-9-11-18(12-10-16)17-6-3-2-4-7-17;/h2-4,6-7,9-12,15,19,21H,5,8,13-14H2,1H3,(H,22,23);1H. The lowest BCUT2D eigenvalue weighted by molar-refractivity contribution is -0.121. The van der Waals surface area contributed by atoms with E-state index in [0.29, 0.717) is 12.5 Å². The number of carbonyl (C=O) groups is 1. The second-order valence-corrected chi connectivity index (χ2v) is 6.30. The molecule has 1 amide bonds. The van der Waals surface area contributed by atoms with Gasteiger partial charge in [-0.05, 0) is 43.0 Å². The highest BCUT2D eigenvalue weighted by Gasteiger charge is 2.22. The lowest BCUT2D eigenvalue weighted by Crippen LogP contribution is -2.52. The maximum Gasteiger partial charge on any atom is 0.224 e. The van der Waals surface area contributed by atoms with Crippen LogP contribution in [0.4, 0.5) is 0 Å². The summed E-state index contributed by atoms with van der Waals surface area (Å²) in [5.41, 5.74) is 3.43. The highest BCUT2D eigenvalue weighted by atomic mass is 35.5. The van der Waals surface area contributed by atoms with Crippen LogP contribution in [0.25, 0.3) is 11.1 Å². The number of amides is 1. The van der Waals surface area contributed by atoms with Crippen LogP contribution >= 0.6 is 12.4 Å². The molecule has 1 aliphatic heterocycles. The van der Waals surface area contributed by atoms with Gasteiger partial charge in [0.15, 0.2) is 0 Å². The first-order valence-electron chi connectivity index (χ1n) is 8.39. The van der Waals surface area contributed by atoms with Crippen molar-refractivity contribution in [2.45, 2.75) is 38.3 Å². The second-order valence-electron chi connectivity index (χ2n) is 6.30. The van der Waals surface area contributed by atoms with Crippen molar-refractivity contribution in [3.63, 3.8) is 0 Å². The minimum absolute atomic E-state index is 0. The maximum absolute atomic E-state index is 12.2. The Balaban J connectivity index is 0.00000208. The van der Waals surface area contributed by atoms with E-state index in [2.05, 4.69) is 41.8 Å². The number of benzene rings is 2. The minimum Gasteiger partial charge on any atom is -0.352 e. The molecule has 3 nitrogen and oxygen atoms in total. The summed E-state index contributed by atoms with van der Waals surface area (Å²) >= 11 is 0. The smallest absolute Gasteiger partial charge is 0.224 e. The fourth-order valence-electron chi connectivity index (χ4n) is 3.13. The molecule has 1 aliphatic rings. The van der Waals surface area contributed by atoms with Crippen LogP contribution in [0.15, 0.2) is 54.6 Å². The highest BCUT2D eigenvalue weighted by Crippen LogP contribution is 2.19. The Morgan fingerprint density at radius 1 is 1.08 bits per heavy atom. The molecule has 128 valence electrons. The molecule has 0 radical (unpaired) electrons. The van der Waals surface area contributed by atoms with Crippen molar-refractivity contribution < 1.29 is 4.79 Å². The summed E-state index contributed by atoms with van der Waals surface area (Å²) < 4.78 is 0. The molecule has 2 aromatic rings. The fraction of sp³-hybridized carbons (Fsp3) is 0.350. The number of piperidine rings is 1. The third-order valence-corrected chi connectivity index (χ3v) is 4.53. The summed E-state index contributed by atoms with van der Waals surface area (Å²) in [6.45, 7) is 3.19. The molecule has 0 saturated carbocycles. The summed E-state index contributed by atoms with van der Waals surface area (Å²) in [5.74, 6) is 0.109. The van der Waals surface area contributed by atoms with Gasteiger partial charge in [-0.15, -0.1) is 12.4 Å². The highest BCUT2D eigenvalue weighted by molar-refractivity contribution is 5.85. The average Bonchev–Trinajstić information content (AvgIpc) is 2.58. The summed E-state index contributed by atoms with van der Waals surface area (Å²) in [6, 6.07) is 19.2. The van der Waals surface area contributed by atoms with Crippen LogP contribution in [0.2, 0.25) is 0 Å². The Hall–Kier alpha value is -1.84. The summed E-state index contributed by atoms with van der Waals surface area (Å²) in [6.07, 6.45) is 2.63. The fourth-order valence-corrected chi connectivity index (χ4v) is 3.13. The Morgan fingerprint density at radius 3 is 2.42 bits per heavy atom. The van der Waals surface area contributed by atoms with Crippen LogP contribution in [0.1, 0.15) is 25.3 Å². The van der Waals surface area contributed by atoms with E-state index in [1.807, 2.05) is 30.3 Å². The van der Waals surface area contributed by atoms with Gasteiger partial charge in [-0.25, -0.2) is 0 Å². The van der Waals surface area contributed by atoms with Crippen molar-refractivity contribution in [1.82, 2.24) is 10.6 Å². The molecule has 24 heavy (non-hydrogen) atoms. The van der Waals surface area contributed by atoms with Gasteiger partial charge in [0, 0.05) is 12.1 Å². The zero-order valence-corrected chi connectivity index (χ0v) is 14.8. The van der Waals surface area contributed by atoms with Crippen LogP contribution in [-0.4, -0.2) is 24.5 Å². The van der Waals surface area contributed by atoms with E-state index in [-0.39, 0.29) is 24.4 Å². The van der Waals surface area contributed by atoms with Gasteiger partial charge >= 0.3 is 0 Å². The topological polar surface area (TPSA) is 41.1 Å². The Labute approximate surface area is 150 Å². The molecule has 0 aliphatic carbocycles. The van der Waals surface area contributed by atoms with E-state index in [0.717, 1.165) is 24.9 Å². The number of carbonyl (C=O) groups excluding carboxylic acids is 1. The summed E-state index contributed by atoms with van der Waals surface area (Å²) in [5, 5.41) is 6.57. The zero-order valence-electron chi connectivity index (χ0n) is 14.0. The Morgan fingerprint density at radius 2 is 1.75 bits per heavy atom. The molecule has 2 aromatic carbocycles. The van der Waals surface area contributed by atoms with E-state index in [1.165, 1.54) is 11.1 Å². The number of rotatable bonds is 4. The molecule has 1 saturated heterocycles. The second kappa shape index (κ2) is 8.86. The average molecular weight is 345 g/mol. The quantitative estimate of drug-likeness (QED) is 0.890. The molecule has 2 N–H and O–H groups in total. The molecular weight excluding hydrogens is 320 g/mol. The van der Waals surface area contributed by atoms with Crippen LogP contribution in [0.5, 0.6) is 0 Å². The van der Waals surface area contributed by atoms with Gasteiger partial charge < -0.3 is 10.6 Å². The van der Waals surface area contributed by atoms with Crippen molar-refractivity contribution in [3.8, 4) is 11.1 Å². The SMILES string of the molecule is CC1NCCCC1NC(=O)Cc1ccc(-c2ccccc2)cc1.Cl. The monoisotopic (exact) mass is 344 g/mol. The van der Waals surface area contributed by atoms with Gasteiger partial charge in [-0.2, -0.15) is 0 Å². The Kier molecular flexibility index (Phi) is 6.83. The third kappa shape index (κ3) is 4.83. The number of nitrogens with one attached hydrogen (secondary N) is 2. The lowest BCUT2D eigenvalue weighted by Gasteiger charge is -2.30. The molecule has 0 aromatic heterocycles. The van der Waals surface area contributed by atoms with E-state index in [9.17, 15) is 4.79 Å². The third-order valence-electron chi connectivity index (χ3n) is 4.53. The molecular formula is C20H25ClN2O. The van der Waals surface area contributed by atoms with Crippen molar-refractivity contribution in [3.05, 3.63) is 60.2 Å². The molecule has 0 bridgehead atoms. The predicted molar refractivity (Wildman–Crippen MR) is 101 cm³/mol. The van der Waals surface area contributed by atoms with E-state index < -0.39 is 0 Å². The summed E-state index contributed by atoms with van der Waals surface area (Å²) in [4.78, 5) is 12.2. The van der Waals surface area contributed by atoms with Crippen molar-refractivity contribution >= 4 is 18.3 Å². The van der Waals surface area contributed by atoms with Crippen LogP contribution < -0.4 is 10.6 Å². The number of hydrogen-bond acceptors (Lipinski definition) is 2. The number of halogens is 1. The van der Waals surface area contributed by atoms with Crippen molar-refractivity contribution in [2.75, 3.05) is 6.54 Å². The van der Waals surface area contributed by atoms with Crippen LogP contribution in [-0.2, 0) is 11.2 Å². The molecule has 1 heterocycles. The van der Waals surface area contributed by atoms with Gasteiger partial charge in [-0.3, -0.25) is 4.79 Å². The number of hydrogen-bond donors (Lipinski definition) is 2. The minimum atomic E-state index is 0.